The Labute approximate surface area is 147 Å². The number of thiophene rings is 1. The zero-order chi connectivity index (χ0) is 16.7. The molecule has 2 heterocycles. The molecule has 1 aliphatic carbocycles. The monoisotopic (exact) mass is 356 g/mol. The van der Waals surface area contributed by atoms with Crippen molar-refractivity contribution in [3.63, 3.8) is 0 Å². The normalized spacial score (nSPS) is 14.2. The molecule has 4 rings (SSSR count). The minimum atomic E-state index is -0.0274. The Balaban J connectivity index is 1.95. The number of aromatic nitrogens is 2. The van der Waals surface area contributed by atoms with Crippen LogP contribution in [0.1, 0.15) is 31.2 Å². The highest BCUT2D eigenvalue weighted by molar-refractivity contribution is 7.99. The number of hydrogen-bond donors (Lipinski definition) is 0. The number of para-hydroxylation sites is 1. The molecule has 0 N–H and O–H groups in total. The topological polar surface area (TPSA) is 52.0 Å². The van der Waals surface area contributed by atoms with Gasteiger partial charge < -0.3 is 0 Å². The number of fused-ring (bicyclic) bond motifs is 1. The molecule has 0 saturated heterocycles. The fraction of sp³-hybridized carbons (Fsp3) is 0.278. The first-order valence-corrected chi connectivity index (χ1v) is 9.73. The van der Waals surface area contributed by atoms with Gasteiger partial charge in [0.15, 0.2) is 5.16 Å². The fourth-order valence-corrected chi connectivity index (χ4v) is 4.63. The van der Waals surface area contributed by atoms with Crippen LogP contribution in [-0.4, -0.2) is 21.1 Å². The quantitative estimate of drug-likeness (QED) is 0.512. The van der Waals surface area contributed by atoms with E-state index in [4.69, 9.17) is 4.98 Å². The summed E-state index contributed by atoms with van der Waals surface area (Å²) in [6.45, 7) is 1.55. The van der Waals surface area contributed by atoms with Crippen LogP contribution in [0.4, 0.5) is 0 Å². The van der Waals surface area contributed by atoms with E-state index in [1.165, 1.54) is 23.1 Å². The van der Waals surface area contributed by atoms with Crippen LogP contribution < -0.4 is 5.56 Å². The Kier molecular flexibility index (Phi) is 4.02. The molecular weight excluding hydrogens is 340 g/mol. The predicted molar refractivity (Wildman–Crippen MR) is 98.6 cm³/mol. The smallest absolute Gasteiger partial charge is 0.267 e. The second-order valence-corrected chi connectivity index (χ2v) is 7.81. The number of benzene rings is 1. The van der Waals surface area contributed by atoms with Gasteiger partial charge in [-0.2, -0.15) is 0 Å². The van der Waals surface area contributed by atoms with Crippen LogP contribution in [0.2, 0.25) is 0 Å². The summed E-state index contributed by atoms with van der Waals surface area (Å²) in [5, 5.41) is 3.41. The molecule has 1 aliphatic rings. The molecule has 3 aromatic rings. The first-order valence-electron chi connectivity index (χ1n) is 7.87. The van der Waals surface area contributed by atoms with Gasteiger partial charge in [-0.15, -0.1) is 11.3 Å². The third-order valence-corrected chi connectivity index (χ3v) is 6.01. The highest BCUT2D eigenvalue weighted by Gasteiger charge is 2.29. The zero-order valence-electron chi connectivity index (χ0n) is 13.2. The van der Waals surface area contributed by atoms with Gasteiger partial charge in [-0.1, -0.05) is 30.0 Å². The van der Waals surface area contributed by atoms with E-state index in [0.29, 0.717) is 16.8 Å². The Morgan fingerprint density at radius 1 is 1.33 bits per heavy atom. The summed E-state index contributed by atoms with van der Waals surface area (Å²) in [7, 11) is 0. The Morgan fingerprint density at radius 3 is 2.75 bits per heavy atom. The largest absolute Gasteiger partial charge is 0.299 e. The van der Waals surface area contributed by atoms with E-state index in [9.17, 15) is 9.59 Å². The van der Waals surface area contributed by atoms with Gasteiger partial charge in [0, 0.05) is 0 Å². The molecule has 122 valence electrons. The van der Waals surface area contributed by atoms with Gasteiger partial charge in [-0.05, 0) is 48.8 Å². The average Bonchev–Trinajstić information content (AvgIpc) is 3.33. The summed E-state index contributed by atoms with van der Waals surface area (Å²) in [5.41, 5.74) is 1.90. The van der Waals surface area contributed by atoms with Gasteiger partial charge >= 0.3 is 0 Å². The molecule has 1 fully saturated rings. The number of carbonyl (C=O) groups is 1. The third kappa shape index (κ3) is 2.80. The Morgan fingerprint density at radius 2 is 2.08 bits per heavy atom. The second-order valence-electron chi connectivity index (χ2n) is 6.01. The van der Waals surface area contributed by atoms with E-state index < -0.39 is 0 Å². The molecule has 6 heteroatoms. The van der Waals surface area contributed by atoms with Crippen LogP contribution in [0.5, 0.6) is 0 Å². The van der Waals surface area contributed by atoms with Crippen molar-refractivity contribution < 1.29 is 4.79 Å². The summed E-state index contributed by atoms with van der Waals surface area (Å²) in [4.78, 5) is 30.1. The van der Waals surface area contributed by atoms with Crippen LogP contribution in [0.25, 0.3) is 15.9 Å². The summed E-state index contributed by atoms with van der Waals surface area (Å²) < 4.78 is 1.65. The minimum Gasteiger partial charge on any atom is -0.299 e. The van der Waals surface area contributed by atoms with Crippen molar-refractivity contribution in [2.75, 3.05) is 5.75 Å². The lowest BCUT2D eigenvalue weighted by Gasteiger charge is -2.12. The van der Waals surface area contributed by atoms with Crippen molar-refractivity contribution in [3.8, 4) is 5.69 Å². The fourth-order valence-electron chi connectivity index (χ4n) is 2.76. The van der Waals surface area contributed by atoms with Gasteiger partial charge in [0.05, 0.1) is 16.8 Å². The molecule has 4 nitrogen and oxygen atoms in total. The van der Waals surface area contributed by atoms with Crippen LogP contribution in [0, 0.1) is 0 Å². The number of nitrogens with zero attached hydrogens (tertiary/aromatic N) is 2. The van der Waals surface area contributed by atoms with E-state index in [1.807, 2.05) is 30.3 Å². The molecule has 0 radical (unpaired) electrons. The van der Waals surface area contributed by atoms with Crippen LogP contribution >= 0.6 is 23.1 Å². The van der Waals surface area contributed by atoms with E-state index >= 15 is 0 Å². The van der Waals surface area contributed by atoms with Gasteiger partial charge in [-0.25, -0.2) is 4.98 Å². The summed E-state index contributed by atoms with van der Waals surface area (Å²) in [5.74, 6) is 0.887. The van der Waals surface area contributed by atoms with Crippen LogP contribution in [0.3, 0.4) is 0 Å². The highest BCUT2D eigenvalue weighted by atomic mass is 32.2. The van der Waals surface area contributed by atoms with E-state index in [2.05, 4.69) is 5.38 Å². The maximum atomic E-state index is 13.2. The number of Topliss-reactive ketones (excluding diaryl/α,β-unsaturated/α-hetero) is 1. The SMILES string of the molecule is CC(=O)CSc1nc2scc(C3CC3)c2c(=O)n1-c1ccccc1. The van der Waals surface area contributed by atoms with Crippen molar-refractivity contribution in [1.82, 2.24) is 9.55 Å². The number of rotatable bonds is 5. The van der Waals surface area contributed by atoms with Gasteiger partial charge in [0.2, 0.25) is 0 Å². The van der Waals surface area contributed by atoms with Crippen molar-refractivity contribution in [2.24, 2.45) is 0 Å². The molecule has 0 unspecified atom stereocenters. The lowest BCUT2D eigenvalue weighted by Crippen LogP contribution is -2.22. The predicted octanol–water partition coefficient (Wildman–Crippen LogP) is 4.01. The van der Waals surface area contributed by atoms with Gasteiger partial charge in [0.1, 0.15) is 10.6 Å². The first-order chi connectivity index (χ1) is 11.6. The maximum Gasteiger partial charge on any atom is 0.267 e. The summed E-state index contributed by atoms with van der Waals surface area (Å²) in [6, 6.07) is 9.52. The lowest BCUT2D eigenvalue weighted by molar-refractivity contribution is -0.114. The summed E-state index contributed by atoms with van der Waals surface area (Å²) >= 11 is 2.85. The van der Waals surface area contributed by atoms with Crippen molar-refractivity contribution >= 4 is 39.1 Å². The molecule has 1 saturated carbocycles. The van der Waals surface area contributed by atoms with Crippen LogP contribution in [-0.2, 0) is 4.79 Å². The standard InChI is InChI=1S/C18H16N2O2S2/c1-11(21)9-24-18-19-16-15(14(10-23-16)12-7-8-12)17(22)20(18)13-5-3-2-4-6-13/h2-6,10,12H,7-9H2,1H3. The first kappa shape index (κ1) is 15.6. The van der Waals surface area contributed by atoms with E-state index in [-0.39, 0.29) is 11.3 Å². The molecular formula is C18H16N2O2S2. The minimum absolute atomic E-state index is 0.0274. The lowest BCUT2D eigenvalue weighted by atomic mass is 10.1. The maximum absolute atomic E-state index is 13.2. The van der Waals surface area contributed by atoms with Gasteiger partial charge in [0.25, 0.3) is 5.56 Å². The molecule has 2 aromatic heterocycles. The molecule has 24 heavy (non-hydrogen) atoms. The molecule has 0 spiro atoms. The zero-order valence-corrected chi connectivity index (χ0v) is 14.8. The summed E-state index contributed by atoms with van der Waals surface area (Å²) in [6.07, 6.45) is 2.30. The van der Waals surface area contributed by atoms with E-state index in [1.54, 1.807) is 11.5 Å². The van der Waals surface area contributed by atoms with Crippen LogP contribution in [0.15, 0.2) is 45.7 Å². The molecule has 0 amide bonds. The second kappa shape index (κ2) is 6.18. The van der Waals surface area contributed by atoms with Crippen molar-refractivity contribution in [1.29, 1.82) is 0 Å². The average molecular weight is 356 g/mol. The van der Waals surface area contributed by atoms with Crippen molar-refractivity contribution in [3.05, 3.63) is 51.6 Å². The number of ketones is 1. The Hall–Kier alpha value is -1.92. The number of hydrogen-bond acceptors (Lipinski definition) is 5. The van der Waals surface area contributed by atoms with Crippen molar-refractivity contribution in [2.45, 2.75) is 30.8 Å². The number of thioether (sulfide) groups is 1. The third-order valence-electron chi connectivity index (χ3n) is 4.04. The molecule has 0 bridgehead atoms. The molecule has 0 aliphatic heterocycles. The van der Waals surface area contributed by atoms with Gasteiger partial charge in [-0.3, -0.25) is 14.2 Å². The highest BCUT2D eigenvalue weighted by Crippen LogP contribution is 2.44. The molecule has 1 aromatic carbocycles. The molecule has 0 atom stereocenters. The number of carbonyl (C=O) groups excluding carboxylic acids is 1. The van der Waals surface area contributed by atoms with E-state index in [0.717, 1.165) is 34.3 Å². The Bertz CT molecular complexity index is 972.